The highest BCUT2D eigenvalue weighted by Crippen LogP contribution is 2.29. The molecule has 4 heteroatoms. The van der Waals surface area contributed by atoms with Crippen LogP contribution in [0.4, 0.5) is 11.5 Å². The van der Waals surface area contributed by atoms with Gasteiger partial charge < -0.3 is 10.7 Å². The third-order valence-corrected chi connectivity index (χ3v) is 3.77. The van der Waals surface area contributed by atoms with Crippen molar-refractivity contribution in [1.82, 2.24) is 4.98 Å². The molecule has 1 aliphatic rings. The minimum absolute atomic E-state index is 0.701. The van der Waals surface area contributed by atoms with Crippen LogP contribution in [-0.4, -0.2) is 11.5 Å². The molecule has 2 unspecified atom stereocenters. The molecule has 0 amide bonds. The molecule has 2 rings (SSSR count). The third kappa shape index (κ3) is 3.33. The van der Waals surface area contributed by atoms with E-state index in [0.717, 1.165) is 24.1 Å². The summed E-state index contributed by atoms with van der Waals surface area (Å²) >= 11 is 0. The van der Waals surface area contributed by atoms with Crippen molar-refractivity contribution in [2.75, 3.05) is 17.3 Å². The molecule has 94 valence electrons. The minimum Gasteiger partial charge on any atom is -0.385 e. The van der Waals surface area contributed by atoms with Gasteiger partial charge in [-0.1, -0.05) is 26.2 Å². The topological polar surface area (TPSA) is 63.0 Å². The number of nitrogens with zero attached hydrogens (tertiary/aromatic N) is 1. The van der Waals surface area contributed by atoms with Gasteiger partial charge in [0.15, 0.2) is 0 Å². The van der Waals surface area contributed by atoms with Crippen LogP contribution < -0.4 is 16.6 Å². The first-order chi connectivity index (χ1) is 8.29. The monoisotopic (exact) mass is 234 g/mol. The van der Waals surface area contributed by atoms with Crippen LogP contribution in [0, 0.1) is 11.8 Å². The molecular formula is C13H22N4. The minimum atomic E-state index is 0.701. The molecule has 0 spiro atoms. The zero-order chi connectivity index (χ0) is 12.1. The molecule has 0 bridgehead atoms. The fraction of sp³-hybridized carbons (Fsp3) is 0.615. The first-order valence-corrected chi connectivity index (χ1v) is 6.46. The van der Waals surface area contributed by atoms with E-state index in [-0.39, 0.29) is 0 Å². The molecule has 0 aliphatic heterocycles. The summed E-state index contributed by atoms with van der Waals surface area (Å²) < 4.78 is 0. The van der Waals surface area contributed by atoms with Crippen LogP contribution in [0.3, 0.4) is 0 Å². The Bertz CT molecular complexity index is 353. The van der Waals surface area contributed by atoms with Crippen molar-refractivity contribution in [2.45, 2.75) is 32.6 Å². The van der Waals surface area contributed by atoms with Gasteiger partial charge in [0.05, 0.1) is 0 Å². The largest absolute Gasteiger partial charge is 0.385 e. The summed E-state index contributed by atoms with van der Waals surface area (Å²) in [5.41, 5.74) is 3.65. The van der Waals surface area contributed by atoms with Gasteiger partial charge in [0, 0.05) is 24.5 Å². The Morgan fingerprint density at radius 2 is 2.24 bits per heavy atom. The first-order valence-electron chi connectivity index (χ1n) is 6.46. The highest BCUT2D eigenvalue weighted by atomic mass is 15.2. The summed E-state index contributed by atoms with van der Waals surface area (Å²) in [6.45, 7) is 3.42. The van der Waals surface area contributed by atoms with Crippen molar-refractivity contribution in [3.63, 3.8) is 0 Å². The van der Waals surface area contributed by atoms with E-state index in [0.29, 0.717) is 5.82 Å². The summed E-state index contributed by atoms with van der Waals surface area (Å²) in [5, 5.41) is 3.48. The predicted octanol–water partition coefficient (Wildman–Crippen LogP) is 2.61. The van der Waals surface area contributed by atoms with Crippen molar-refractivity contribution in [1.29, 1.82) is 0 Å². The van der Waals surface area contributed by atoms with E-state index in [4.69, 9.17) is 5.84 Å². The summed E-state index contributed by atoms with van der Waals surface area (Å²) in [4.78, 5) is 4.09. The Kier molecular flexibility index (Phi) is 4.20. The highest BCUT2D eigenvalue weighted by Gasteiger charge is 2.20. The lowest BCUT2D eigenvalue weighted by Gasteiger charge is -2.29. The Morgan fingerprint density at radius 3 is 3.00 bits per heavy atom. The number of hydrogen-bond donors (Lipinski definition) is 3. The molecule has 17 heavy (non-hydrogen) atoms. The smallest absolute Gasteiger partial charge is 0.141 e. The van der Waals surface area contributed by atoms with Crippen LogP contribution >= 0.6 is 0 Å². The Balaban J connectivity index is 1.88. The van der Waals surface area contributed by atoms with E-state index in [1.807, 2.05) is 12.1 Å². The first kappa shape index (κ1) is 12.2. The molecule has 1 saturated carbocycles. The van der Waals surface area contributed by atoms with Gasteiger partial charge in [0.25, 0.3) is 0 Å². The molecule has 0 radical (unpaired) electrons. The second-order valence-electron chi connectivity index (χ2n) is 4.98. The molecule has 2 atom stereocenters. The Labute approximate surface area is 103 Å². The van der Waals surface area contributed by atoms with Crippen LogP contribution in [0.1, 0.15) is 32.6 Å². The standard InChI is InChI=1S/C13H22N4/c1-10-4-2-3-5-11(10)9-16-12-6-7-15-13(8-12)17-14/h6-8,10-11H,2-5,9,14H2,1H3,(H2,15,16,17). The number of nitrogens with one attached hydrogen (secondary N) is 2. The zero-order valence-corrected chi connectivity index (χ0v) is 10.4. The Morgan fingerprint density at radius 1 is 1.41 bits per heavy atom. The molecule has 1 aliphatic carbocycles. The fourth-order valence-corrected chi connectivity index (χ4v) is 2.56. The Hall–Kier alpha value is -1.29. The number of hydrogen-bond acceptors (Lipinski definition) is 4. The quantitative estimate of drug-likeness (QED) is 0.553. The number of aromatic nitrogens is 1. The lowest BCUT2D eigenvalue weighted by atomic mass is 9.80. The summed E-state index contributed by atoms with van der Waals surface area (Å²) in [7, 11) is 0. The van der Waals surface area contributed by atoms with Gasteiger partial charge in [0.2, 0.25) is 0 Å². The second-order valence-corrected chi connectivity index (χ2v) is 4.98. The van der Waals surface area contributed by atoms with Gasteiger partial charge in [0.1, 0.15) is 5.82 Å². The van der Waals surface area contributed by atoms with Gasteiger partial charge >= 0.3 is 0 Å². The SMILES string of the molecule is CC1CCCCC1CNc1ccnc(NN)c1. The van der Waals surface area contributed by atoms with Crippen LogP contribution in [0.5, 0.6) is 0 Å². The van der Waals surface area contributed by atoms with Crippen LogP contribution in [-0.2, 0) is 0 Å². The van der Waals surface area contributed by atoms with E-state index in [1.165, 1.54) is 25.7 Å². The van der Waals surface area contributed by atoms with E-state index < -0.39 is 0 Å². The van der Waals surface area contributed by atoms with Crippen molar-refractivity contribution in [2.24, 2.45) is 17.7 Å². The van der Waals surface area contributed by atoms with Crippen molar-refractivity contribution in [3.05, 3.63) is 18.3 Å². The molecule has 0 saturated heterocycles. The van der Waals surface area contributed by atoms with Crippen LogP contribution in [0.2, 0.25) is 0 Å². The van der Waals surface area contributed by atoms with Gasteiger partial charge in [-0.3, -0.25) is 0 Å². The van der Waals surface area contributed by atoms with Gasteiger partial charge in [-0.05, 0) is 24.3 Å². The molecule has 1 heterocycles. The van der Waals surface area contributed by atoms with E-state index >= 15 is 0 Å². The summed E-state index contributed by atoms with van der Waals surface area (Å²) in [5.74, 6) is 7.68. The lowest BCUT2D eigenvalue weighted by molar-refractivity contribution is 0.268. The normalized spacial score (nSPS) is 24.4. The number of anilines is 2. The molecule has 4 N–H and O–H groups in total. The maximum absolute atomic E-state index is 5.34. The van der Waals surface area contributed by atoms with Crippen LogP contribution in [0.25, 0.3) is 0 Å². The van der Waals surface area contributed by atoms with Crippen molar-refractivity contribution >= 4 is 11.5 Å². The molecule has 4 nitrogen and oxygen atoms in total. The predicted molar refractivity (Wildman–Crippen MR) is 71.7 cm³/mol. The van der Waals surface area contributed by atoms with Crippen molar-refractivity contribution in [3.8, 4) is 0 Å². The number of hydrazine groups is 1. The molecule has 1 aromatic heterocycles. The van der Waals surface area contributed by atoms with Gasteiger partial charge in [-0.25, -0.2) is 10.8 Å². The number of rotatable bonds is 4. The second kappa shape index (κ2) is 5.87. The van der Waals surface area contributed by atoms with Gasteiger partial charge in [-0.2, -0.15) is 0 Å². The fourth-order valence-electron chi connectivity index (χ4n) is 2.56. The summed E-state index contributed by atoms with van der Waals surface area (Å²) in [6, 6.07) is 3.92. The van der Waals surface area contributed by atoms with E-state index in [2.05, 4.69) is 22.7 Å². The molecule has 1 fully saturated rings. The average Bonchev–Trinajstić information content (AvgIpc) is 2.38. The maximum atomic E-state index is 5.34. The summed E-state index contributed by atoms with van der Waals surface area (Å²) in [6.07, 6.45) is 7.26. The van der Waals surface area contributed by atoms with E-state index in [1.54, 1.807) is 6.20 Å². The lowest BCUT2D eigenvalue weighted by Crippen LogP contribution is -2.24. The van der Waals surface area contributed by atoms with E-state index in [9.17, 15) is 0 Å². The van der Waals surface area contributed by atoms with Crippen molar-refractivity contribution < 1.29 is 0 Å². The molecular weight excluding hydrogens is 212 g/mol. The van der Waals surface area contributed by atoms with Crippen LogP contribution in [0.15, 0.2) is 18.3 Å². The number of pyridine rings is 1. The highest BCUT2D eigenvalue weighted by molar-refractivity contribution is 5.51. The van der Waals surface area contributed by atoms with Gasteiger partial charge in [-0.15, -0.1) is 0 Å². The number of nitrogen functional groups attached to an aromatic ring is 1. The maximum Gasteiger partial charge on any atom is 0.141 e. The average molecular weight is 234 g/mol. The molecule has 0 aromatic carbocycles. The third-order valence-electron chi connectivity index (χ3n) is 3.77. The zero-order valence-electron chi connectivity index (χ0n) is 10.4. The number of nitrogens with two attached hydrogens (primary N) is 1. The molecule has 1 aromatic rings.